The summed E-state index contributed by atoms with van der Waals surface area (Å²) in [6.07, 6.45) is 4.45. The van der Waals surface area contributed by atoms with Gasteiger partial charge in [0.25, 0.3) is 0 Å². The minimum absolute atomic E-state index is 0.0744. The molecule has 36 heavy (non-hydrogen) atoms. The van der Waals surface area contributed by atoms with Gasteiger partial charge in [-0.2, -0.15) is 5.10 Å². The second-order valence-corrected chi connectivity index (χ2v) is 12.4. The van der Waals surface area contributed by atoms with Crippen LogP contribution in [0.15, 0.2) is 11.2 Å². The number of fused-ring (bicyclic) bond motifs is 1. The average Bonchev–Trinajstić information content (AvgIpc) is 3.07. The predicted molar refractivity (Wildman–Crippen MR) is 147 cm³/mol. The first kappa shape index (κ1) is 30.0. The van der Waals surface area contributed by atoms with E-state index in [-0.39, 0.29) is 18.6 Å². The third kappa shape index (κ3) is 10.8. The fourth-order valence-electron chi connectivity index (χ4n) is 4.00. The van der Waals surface area contributed by atoms with Crippen molar-refractivity contribution in [3.05, 3.63) is 11.9 Å². The van der Waals surface area contributed by atoms with Crippen LogP contribution in [0.25, 0.3) is 0 Å². The van der Waals surface area contributed by atoms with Gasteiger partial charge in [0, 0.05) is 38.1 Å². The maximum absolute atomic E-state index is 11.9. The van der Waals surface area contributed by atoms with E-state index >= 15 is 0 Å². The summed E-state index contributed by atoms with van der Waals surface area (Å²) >= 11 is 1.48. The zero-order valence-corrected chi connectivity index (χ0v) is 23.9. The minimum Gasteiger partial charge on any atom is -0.481 e. The fraction of sp³-hybridized carbons (Fsp3) is 0.769. The highest BCUT2D eigenvalue weighted by atomic mass is 32.2. The highest BCUT2D eigenvalue weighted by Gasteiger charge is 2.28. The summed E-state index contributed by atoms with van der Waals surface area (Å²) in [5.74, 6) is 0.597. The third-order valence-electron chi connectivity index (χ3n) is 5.34. The molecule has 1 aliphatic heterocycles. The van der Waals surface area contributed by atoms with E-state index in [1.807, 2.05) is 25.5 Å². The van der Waals surface area contributed by atoms with Crippen molar-refractivity contribution < 1.29 is 19.4 Å². The van der Waals surface area contributed by atoms with Gasteiger partial charge in [0.1, 0.15) is 16.3 Å². The molecule has 1 amide bonds. The number of ether oxygens (including phenoxy) is 1. The SMILES string of the molecule is CC(C)CN1C[C@H](CCCCNC(=O)OC(C)(C)C)N=C(SCCC(=O)O)c2nn(CC(C)C)cc21. The molecule has 0 aliphatic carbocycles. The molecule has 10 heteroatoms. The number of amides is 1. The number of carboxylic acid groups (broad SMARTS) is 1. The molecule has 0 spiro atoms. The van der Waals surface area contributed by atoms with Crippen molar-refractivity contribution in [3.63, 3.8) is 0 Å². The number of hydrogen-bond acceptors (Lipinski definition) is 7. The second-order valence-electron chi connectivity index (χ2n) is 11.3. The van der Waals surface area contributed by atoms with Crippen molar-refractivity contribution in [1.82, 2.24) is 15.1 Å². The zero-order chi connectivity index (χ0) is 26.9. The van der Waals surface area contributed by atoms with Crippen LogP contribution < -0.4 is 10.2 Å². The van der Waals surface area contributed by atoms with E-state index < -0.39 is 11.6 Å². The molecule has 2 N–H and O–H groups in total. The van der Waals surface area contributed by atoms with Crippen LogP contribution >= 0.6 is 11.8 Å². The molecule has 1 aromatic heterocycles. The first-order valence-electron chi connectivity index (χ1n) is 13.1. The zero-order valence-electron chi connectivity index (χ0n) is 23.0. The number of aliphatic carboxylic acids is 1. The van der Waals surface area contributed by atoms with E-state index in [9.17, 15) is 9.59 Å². The number of anilines is 1. The maximum atomic E-state index is 11.9. The van der Waals surface area contributed by atoms with Crippen molar-refractivity contribution in [3.8, 4) is 0 Å². The Kier molecular flexibility index (Phi) is 11.6. The molecule has 1 aliphatic rings. The number of thioether (sulfide) groups is 1. The lowest BCUT2D eigenvalue weighted by Crippen LogP contribution is -2.34. The van der Waals surface area contributed by atoms with Crippen LogP contribution in [-0.4, -0.2) is 69.0 Å². The van der Waals surface area contributed by atoms with E-state index in [4.69, 9.17) is 19.9 Å². The number of carboxylic acids is 1. The van der Waals surface area contributed by atoms with Gasteiger partial charge in [0.05, 0.1) is 18.2 Å². The molecule has 0 saturated heterocycles. The summed E-state index contributed by atoms with van der Waals surface area (Å²) in [6, 6.07) is 0.0744. The Balaban J connectivity index is 2.14. The Morgan fingerprint density at radius 3 is 2.50 bits per heavy atom. The topological polar surface area (TPSA) is 109 Å². The lowest BCUT2D eigenvalue weighted by atomic mass is 10.1. The van der Waals surface area contributed by atoms with Crippen LogP contribution in [0.1, 0.15) is 79.8 Å². The number of carbonyl (C=O) groups is 2. The molecule has 1 aromatic rings. The first-order chi connectivity index (χ1) is 16.8. The summed E-state index contributed by atoms with van der Waals surface area (Å²) in [5.41, 5.74) is 1.44. The summed E-state index contributed by atoms with van der Waals surface area (Å²) in [6.45, 7) is 17.4. The number of nitrogens with one attached hydrogen (secondary N) is 1. The van der Waals surface area contributed by atoms with Gasteiger partial charge in [-0.1, -0.05) is 27.7 Å². The van der Waals surface area contributed by atoms with E-state index in [1.54, 1.807) is 0 Å². The average molecular weight is 524 g/mol. The minimum atomic E-state index is -0.808. The fourth-order valence-corrected chi connectivity index (χ4v) is 4.98. The lowest BCUT2D eigenvalue weighted by Gasteiger charge is -2.27. The molecule has 2 heterocycles. The Labute approximate surface area is 220 Å². The van der Waals surface area contributed by atoms with Gasteiger partial charge in [-0.25, -0.2) is 4.79 Å². The summed E-state index contributed by atoms with van der Waals surface area (Å²) in [5, 5.41) is 17.7. The smallest absolute Gasteiger partial charge is 0.407 e. The predicted octanol–water partition coefficient (Wildman–Crippen LogP) is 5.03. The van der Waals surface area contributed by atoms with Gasteiger partial charge in [-0.3, -0.25) is 14.5 Å². The van der Waals surface area contributed by atoms with Crippen LogP contribution in [0.4, 0.5) is 10.5 Å². The molecular formula is C26H45N5O4S. The molecule has 9 nitrogen and oxygen atoms in total. The first-order valence-corrected chi connectivity index (χ1v) is 14.0. The van der Waals surface area contributed by atoms with Crippen LogP contribution in [0, 0.1) is 11.8 Å². The number of nitrogens with zero attached hydrogens (tertiary/aromatic N) is 4. The normalized spacial score (nSPS) is 16.1. The van der Waals surface area contributed by atoms with E-state index in [0.717, 1.165) is 55.3 Å². The van der Waals surface area contributed by atoms with Crippen molar-refractivity contribution in [1.29, 1.82) is 0 Å². The molecule has 0 saturated carbocycles. The Morgan fingerprint density at radius 2 is 1.89 bits per heavy atom. The van der Waals surface area contributed by atoms with Crippen LogP contribution in [0.2, 0.25) is 0 Å². The van der Waals surface area contributed by atoms with E-state index in [1.165, 1.54) is 11.8 Å². The molecule has 204 valence electrons. The van der Waals surface area contributed by atoms with Gasteiger partial charge in [0.2, 0.25) is 0 Å². The highest BCUT2D eigenvalue weighted by Crippen LogP contribution is 2.31. The van der Waals surface area contributed by atoms with E-state index in [0.29, 0.717) is 24.1 Å². The molecule has 0 unspecified atom stereocenters. The number of unbranched alkanes of at least 4 members (excludes halogenated alkanes) is 1. The van der Waals surface area contributed by atoms with Crippen molar-refractivity contribution in [2.24, 2.45) is 16.8 Å². The maximum Gasteiger partial charge on any atom is 0.407 e. The van der Waals surface area contributed by atoms with Gasteiger partial charge in [-0.15, -0.1) is 11.8 Å². The second kappa shape index (κ2) is 13.9. The molecule has 0 aromatic carbocycles. The molecule has 0 bridgehead atoms. The van der Waals surface area contributed by atoms with Crippen molar-refractivity contribution in [2.45, 2.75) is 92.3 Å². The Morgan fingerprint density at radius 1 is 1.19 bits per heavy atom. The highest BCUT2D eigenvalue weighted by molar-refractivity contribution is 8.14. The monoisotopic (exact) mass is 523 g/mol. The number of rotatable bonds is 12. The van der Waals surface area contributed by atoms with E-state index in [2.05, 4.69) is 44.1 Å². The van der Waals surface area contributed by atoms with Crippen LogP contribution in [0.3, 0.4) is 0 Å². The van der Waals surface area contributed by atoms with Gasteiger partial charge >= 0.3 is 12.1 Å². The van der Waals surface area contributed by atoms with Crippen molar-refractivity contribution in [2.75, 3.05) is 30.3 Å². The number of carbonyl (C=O) groups excluding carboxylic acids is 1. The van der Waals surface area contributed by atoms with Crippen LogP contribution in [-0.2, 0) is 16.1 Å². The number of hydrogen-bond donors (Lipinski definition) is 2. The summed E-state index contributed by atoms with van der Waals surface area (Å²) in [7, 11) is 0. The van der Waals surface area contributed by atoms with Gasteiger partial charge < -0.3 is 20.1 Å². The lowest BCUT2D eigenvalue weighted by molar-refractivity contribution is -0.136. The van der Waals surface area contributed by atoms with Crippen molar-refractivity contribution >= 4 is 34.6 Å². The van der Waals surface area contributed by atoms with Crippen LogP contribution in [0.5, 0.6) is 0 Å². The quantitative estimate of drug-likeness (QED) is 0.370. The third-order valence-corrected chi connectivity index (χ3v) is 6.32. The molecule has 0 fully saturated rings. The standard InChI is InChI=1S/C26H45N5O4S/c1-18(2)14-30-16-20(10-8-9-12-27-25(34)35-26(5,6)7)28-24(36-13-11-22(32)33)23-21(30)17-31(29-23)15-19(3)4/h17-20H,8-16H2,1-7H3,(H,27,34)(H,32,33)/t20-/m0/s1. The molecular weight excluding hydrogens is 478 g/mol. The summed E-state index contributed by atoms with van der Waals surface area (Å²) in [4.78, 5) is 30.5. The number of aliphatic imine (C=N–C) groups is 1. The number of alkyl carbamates (subject to hydrolysis) is 1. The molecule has 0 radical (unpaired) electrons. The largest absolute Gasteiger partial charge is 0.481 e. The molecule has 2 rings (SSSR count). The Bertz CT molecular complexity index is 891. The van der Waals surface area contributed by atoms with Gasteiger partial charge in [0.15, 0.2) is 0 Å². The Hall–Kier alpha value is -2.23. The van der Waals surface area contributed by atoms with Gasteiger partial charge in [-0.05, 0) is 51.9 Å². The number of aromatic nitrogens is 2. The summed E-state index contributed by atoms with van der Waals surface area (Å²) < 4.78 is 7.30. The molecule has 1 atom stereocenters.